The maximum Gasteiger partial charge on any atom is 0.269 e. The highest BCUT2D eigenvalue weighted by molar-refractivity contribution is 6.03. The third-order valence-electron chi connectivity index (χ3n) is 4.16. The van der Waals surface area contributed by atoms with E-state index in [0.717, 1.165) is 42.9 Å². The number of benzene rings is 1. The summed E-state index contributed by atoms with van der Waals surface area (Å²) in [5.74, 6) is 0.349. The molecule has 0 unspecified atom stereocenters. The summed E-state index contributed by atoms with van der Waals surface area (Å²) in [6.07, 6.45) is 4.10. The maximum absolute atomic E-state index is 10.6. The second kappa shape index (κ2) is 6.24. The third-order valence-corrected chi connectivity index (χ3v) is 4.16. The summed E-state index contributed by atoms with van der Waals surface area (Å²) in [4.78, 5) is 11.6. The molecule has 3 aliphatic heterocycles. The first-order valence-corrected chi connectivity index (χ1v) is 6.72. The second-order valence-corrected chi connectivity index (χ2v) is 5.27. The van der Waals surface area contributed by atoms with Crippen LogP contribution in [0.25, 0.3) is 6.08 Å². The summed E-state index contributed by atoms with van der Waals surface area (Å²) in [5.41, 5.74) is 2.77. The van der Waals surface area contributed by atoms with Crippen molar-refractivity contribution in [2.24, 2.45) is 11.1 Å². The minimum Gasteiger partial charge on any atom is -1.00 e. The lowest BCUT2D eigenvalue weighted by molar-refractivity contribution is -0.865. The first-order valence-electron chi connectivity index (χ1n) is 6.72. The number of oxime groups is 1. The van der Waals surface area contributed by atoms with Gasteiger partial charge in [-0.3, -0.25) is 10.1 Å². The van der Waals surface area contributed by atoms with Gasteiger partial charge >= 0.3 is 0 Å². The Bertz CT molecular complexity index is 590. The molecule has 6 nitrogen and oxygen atoms in total. The van der Waals surface area contributed by atoms with Crippen LogP contribution in [0.2, 0.25) is 0 Å². The van der Waals surface area contributed by atoms with Gasteiger partial charge in [-0.05, 0) is 17.7 Å². The van der Waals surface area contributed by atoms with Crippen molar-refractivity contribution in [3.8, 4) is 0 Å². The Balaban J connectivity index is 0.00000161. The van der Waals surface area contributed by atoms with Gasteiger partial charge in [0, 0.05) is 37.0 Å². The Morgan fingerprint density at radius 2 is 1.90 bits per heavy atom. The molecule has 7 heteroatoms. The number of halogens is 1. The number of quaternary nitrogens is 1. The van der Waals surface area contributed by atoms with Gasteiger partial charge in [0.2, 0.25) is 0 Å². The molecule has 2 bridgehead atoms. The Labute approximate surface area is 128 Å². The van der Waals surface area contributed by atoms with Crippen molar-refractivity contribution in [1.29, 1.82) is 0 Å². The molecule has 3 aliphatic rings. The van der Waals surface area contributed by atoms with Crippen molar-refractivity contribution in [3.63, 3.8) is 0 Å². The molecule has 21 heavy (non-hydrogen) atoms. The first kappa shape index (κ1) is 15.5. The lowest BCUT2D eigenvalue weighted by Crippen LogP contribution is -3.14. The monoisotopic (exact) mass is 309 g/mol. The maximum atomic E-state index is 10.6. The van der Waals surface area contributed by atoms with Gasteiger partial charge in [0.15, 0.2) is 5.70 Å². The molecule has 1 aromatic carbocycles. The molecule has 1 aromatic rings. The summed E-state index contributed by atoms with van der Waals surface area (Å²) in [5, 5.41) is 23.3. The van der Waals surface area contributed by atoms with E-state index in [1.807, 2.05) is 6.08 Å². The highest BCUT2D eigenvalue weighted by Gasteiger charge is 2.39. The van der Waals surface area contributed by atoms with Crippen LogP contribution in [0.5, 0.6) is 0 Å². The minimum absolute atomic E-state index is 0. The first-order chi connectivity index (χ1) is 9.69. The van der Waals surface area contributed by atoms with Crippen molar-refractivity contribution in [3.05, 3.63) is 45.6 Å². The van der Waals surface area contributed by atoms with E-state index in [9.17, 15) is 15.3 Å². The summed E-state index contributed by atoms with van der Waals surface area (Å²) < 4.78 is 0. The fourth-order valence-electron chi connectivity index (χ4n) is 3.08. The second-order valence-electron chi connectivity index (χ2n) is 5.27. The molecule has 3 saturated heterocycles. The van der Waals surface area contributed by atoms with Crippen molar-refractivity contribution < 1.29 is 27.4 Å². The average Bonchev–Trinajstić information content (AvgIpc) is 2.49. The zero-order valence-electron chi connectivity index (χ0n) is 11.3. The van der Waals surface area contributed by atoms with Crippen molar-refractivity contribution in [2.45, 2.75) is 12.8 Å². The molecular weight excluding hydrogens is 294 g/mol. The molecule has 0 aliphatic carbocycles. The van der Waals surface area contributed by atoms with Crippen LogP contribution in [0.1, 0.15) is 18.4 Å². The molecule has 3 fully saturated rings. The number of hydrogen-bond donors (Lipinski definition) is 2. The highest BCUT2D eigenvalue weighted by Crippen LogP contribution is 2.23. The van der Waals surface area contributed by atoms with Gasteiger partial charge in [0.25, 0.3) is 5.69 Å². The van der Waals surface area contributed by atoms with E-state index in [4.69, 9.17) is 0 Å². The van der Waals surface area contributed by atoms with E-state index in [-0.39, 0.29) is 18.1 Å². The fourth-order valence-corrected chi connectivity index (χ4v) is 3.08. The Morgan fingerprint density at radius 3 is 2.43 bits per heavy atom. The van der Waals surface area contributed by atoms with Gasteiger partial charge in [-0.1, -0.05) is 5.16 Å². The number of nitrogens with zero attached hydrogens (tertiary/aromatic N) is 2. The lowest BCUT2D eigenvalue weighted by atomic mass is 9.83. The van der Waals surface area contributed by atoms with Crippen LogP contribution in [0.3, 0.4) is 0 Å². The number of non-ortho nitro benzene ring substituents is 1. The number of nitro groups is 1. The van der Waals surface area contributed by atoms with Crippen LogP contribution in [0.15, 0.2) is 35.1 Å². The van der Waals surface area contributed by atoms with Crippen molar-refractivity contribution >= 4 is 17.5 Å². The van der Waals surface area contributed by atoms with Crippen LogP contribution in [0, 0.1) is 16.0 Å². The molecule has 0 radical (unpaired) electrons. The Morgan fingerprint density at radius 1 is 1.29 bits per heavy atom. The van der Waals surface area contributed by atoms with Crippen molar-refractivity contribution in [1.82, 2.24) is 0 Å². The predicted octanol–water partition coefficient (Wildman–Crippen LogP) is -1.92. The van der Waals surface area contributed by atoms with Gasteiger partial charge in [0.05, 0.1) is 18.0 Å². The minimum atomic E-state index is -0.408. The van der Waals surface area contributed by atoms with Gasteiger partial charge in [0.1, 0.15) is 5.71 Å². The standard InChI is InChI=1S/C14H15N3O3.ClH/c18-15-14-11-5-7-16(8-6-11)13(14)9-10-1-3-12(4-2-10)17(19)20;/h1-4,9,11,18H,5-8H2;1H. The smallest absolute Gasteiger partial charge is 0.269 e. The van der Waals surface area contributed by atoms with E-state index < -0.39 is 4.92 Å². The van der Waals surface area contributed by atoms with Crippen LogP contribution in [-0.4, -0.2) is 28.9 Å². The molecule has 0 spiro atoms. The van der Waals surface area contributed by atoms with E-state index in [1.54, 1.807) is 12.1 Å². The highest BCUT2D eigenvalue weighted by atomic mass is 35.5. The number of rotatable bonds is 2. The summed E-state index contributed by atoms with van der Waals surface area (Å²) in [6.45, 7) is 2.12. The predicted molar refractivity (Wildman–Crippen MR) is 73.7 cm³/mol. The number of allylic oxidation sites excluding steroid dienone is 1. The molecule has 0 atom stereocenters. The topological polar surface area (TPSA) is 80.2 Å². The molecule has 0 amide bonds. The Hall–Kier alpha value is -1.92. The largest absolute Gasteiger partial charge is 1.00 e. The van der Waals surface area contributed by atoms with E-state index in [2.05, 4.69) is 5.16 Å². The number of piperidine rings is 3. The van der Waals surface area contributed by atoms with Gasteiger partial charge in [-0.2, -0.15) is 0 Å². The molecular formula is C14H16ClN3O3. The molecule has 0 aromatic heterocycles. The van der Waals surface area contributed by atoms with Crippen LogP contribution in [0.4, 0.5) is 5.69 Å². The van der Waals surface area contributed by atoms with Crippen LogP contribution < -0.4 is 17.3 Å². The van der Waals surface area contributed by atoms with Gasteiger partial charge in [-0.15, -0.1) is 0 Å². The van der Waals surface area contributed by atoms with Crippen LogP contribution >= 0.6 is 0 Å². The van der Waals surface area contributed by atoms with Crippen molar-refractivity contribution in [2.75, 3.05) is 13.1 Å². The summed E-state index contributed by atoms with van der Waals surface area (Å²) in [6, 6.07) is 6.44. The third kappa shape index (κ3) is 2.91. The average molecular weight is 310 g/mol. The summed E-state index contributed by atoms with van der Waals surface area (Å²) >= 11 is 0. The van der Waals surface area contributed by atoms with E-state index in [0.29, 0.717) is 5.92 Å². The van der Waals surface area contributed by atoms with Crippen LogP contribution in [-0.2, 0) is 0 Å². The normalized spacial score (nSPS) is 27.6. The summed E-state index contributed by atoms with van der Waals surface area (Å²) in [7, 11) is 0. The SMILES string of the molecule is O=[N+]([O-])c1ccc(C=C2C(=NO)C3CC[NH+]2CC3)cc1.[Cl-]. The Kier molecular flexibility index (Phi) is 4.59. The number of nitro benzene ring substituents is 1. The number of hydrogen-bond acceptors (Lipinski definition) is 4. The quantitative estimate of drug-likeness (QED) is 0.380. The molecule has 112 valence electrons. The van der Waals surface area contributed by atoms with Gasteiger partial charge in [-0.25, -0.2) is 0 Å². The fraction of sp³-hybridized carbons (Fsp3) is 0.357. The number of nitrogens with one attached hydrogen (secondary N) is 1. The molecule has 0 saturated carbocycles. The molecule has 4 rings (SSSR count). The number of fused-ring (bicyclic) bond motifs is 3. The zero-order valence-corrected chi connectivity index (χ0v) is 12.1. The molecule has 2 N–H and O–H groups in total. The molecule has 3 heterocycles. The van der Waals surface area contributed by atoms with E-state index in [1.165, 1.54) is 17.0 Å². The van der Waals surface area contributed by atoms with E-state index >= 15 is 0 Å². The van der Waals surface area contributed by atoms with Gasteiger partial charge < -0.3 is 22.5 Å². The zero-order chi connectivity index (χ0) is 14.1. The lowest BCUT2D eigenvalue weighted by Gasteiger charge is -2.37.